The van der Waals surface area contributed by atoms with Crippen molar-refractivity contribution in [2.24, 2.45) is 10.7 Å². The van der Waals surface area contributed by atoms with Gasteiger partial charge in [-0.3, -0.25) is 15.1 Å². The van der Waals surface area contributed by atoms with Gasteiger partial charge in [0.25, 0.3) is 15.9 Å². The molecule has 0 atom stereocenters. The van der Waals surface area contributed by atoms with Gasteiger partial charge in [-0.1, -0.05) is 63.7 Å². The van der Waals surface area contributed by atoms with Crippen molar-refractivity contribution in [3.05, 3.63) is 132 Å². The number of nitrogens with one attached hydrogen (secondary N) is 1. The zero-order valence-corrected chi connectivity index (χ0v) is 30.2. The standard InChI is InChI=1S/C36H40N6O10S/c1-24(33-38-18-9-19-39-33)40-34(49-20-21-50-35(43)26-11-8-10-25(22-26)23-51-42(44)45)31(52-30-13-7-6-12-29(30)48-5)32(37)41-53(46,47)28-16-14-27(15-17-28)36(2,3)4/h6-19,22,41,44-45H,1,20-21,23,37H2,2-5H3/b32-31-,40-34+. The van der Waals surface area contributed by atoms with Gasteiger partial charge in [0, 0.05) is 12.4 Å². The molecule has 0 radical (unpaired) electrons. The van der Waals surface area contributed by atoms with Crippen molar-refractivity contribution in [3.8, 4) is 11.5 Å². The molecule has 0 fully saturated rings. The zero-order valence-electron chi connectivity index (χ0n) is 29.4. The molecule has 17 heteroatoms. The normalized spacial score (nSPS) is 12.5. The molecule has 4 aromatic rings. The molecule has 0 saturated heterocycles. The van der Waals surface area contributed by atoms with Crippen LogP contribution in [0.5, 0.6) is 11.5 Å². The van der Waals surface area contributed by atoms with Crippen LogP contribution in [0.2, 0.25) is 0 Å². The molecule has 0 spiro atoms. The highest BCUT2D eigenvalue weighted by atomic mass is 32.2. The summed E-state index contributed by atoms with van der Waals surface area (Å²) in [6, 6.07) is 20.6. The van der Waals surface area contributed by atoms with Crippen molar-refractivity contribution in [3.63, 3.8) is 0 Å². The first-order valence-electron chi connectivity index (χ1n) is 15.9. The maximum Gasteiger partial charge on any atom is 0.338 e. The van der Waals surface area contributed by atoms with Crippen molar-refractivity contribution >= 4 is 27.6 Å². The van der Waals surface area contributed by atoms with Gasteiger partial charge in [0.1, 0.15) is 18.9 Å². The van der Waals surface area contributed by atoms with E-state index in [1.165, 1.54) is 43.8 Å². The van der Waals surface area contributed by atoms with Crippen LogP contribution in [-0.4, -0.2) is 66.4 Å². The third-order valence-corrected chi connectivity index (χ3v) is 8.50. The van der Waals surface area contributed by atoms with E-state index >= 15 is 0 Å². The van der Waals surface area contributed by atoms with E-state index in [9.17, 15) is 13.2 Å². The van der Waals surface area contributed by atoms with Crippen LogP contribution in [0, 0.1) is 0 Å². The SMILES string of the molecule is C=C(/N=C(OCCOC(=O)c1cccc(CON(O)O)c1)\C(Oc1ccccc1OC)=C(/N)NS(=O)(=O)c1ccc(C(C)(C)C)cc1)c1ncccn1. The number of nitrogens with two attached hydrogens (primary N) is 1. The lowest BCUT2D eigenvalue weighted by Crippen LogP contribution is -2.33. The lowest BCUT2D eigenvalue weighted by molar-refractivity contribution is -0.497. The van der Waals surface area contributed by atoms with Crippen LogP contribution in [0.1, 0.15) is 48.1 Å². The monoisotopic (exact) mass is 748 g/mol. The first-order chi connectivity index (χ1) is 25.2. The minimum Gasteiger partial charge on any atom is -0.493 e. The Morgan fingerprint density at radius 2 is 1.60 bits per heavy atom. The number of hydrogen-bond donors (Lipinski definition) is 4. The number of rotatable bonds is 16. The van der Waals surface area contributed by atoms with Crippen molar-refractivity contribution in [2.45, 2.75) is 37.7 Å². The highest BCUT2D eigenvalue weighted by molar-refractivity contribution is 7.89. The average molecular weight is 749 g/mol. The van der Waals surface area contributed by atoms with Gasteiger partial charge in [0.2, 0.25) is 5.76 Å². The predicted molar refractivity (Wildman–Crippen MR) is 192 cm³/mol. The molecule has 280 valence electrons. The second-order valence-corrected chi connectivity index (χ2v) is 13.7. The lowest BCUT2D eigenvalue weighted by Gasteiger charge is -2.20. The minimum absolute atomic E-state index is 0.00416. The van der Waals surface area contributed by atoms with Gasteiger partial charge in [-0.25, -0.2) is 33.0 Å². The summed E-state index contributed by atoms with van der Waals surface area (Å²) < 4.78 is 52.5. The molecule has 4 rings (SSSR count). The van der Waals surface area contributed by atoms with E-state index < -0.39 is 27.2 Å². The highest BCUT2D eigenvalue weighted by Crippen LogP contribution is 2.29. The number of carbonyl (C=O) groups excluding carboxylic acids is 1. The smallest absolute Gasteiger partial charge is 0.338 e. The number of carbonyl (C=O) groups is 1. The lowest BCUT2D eigenvalue weighted by atomic mass is 9.87. The number of methoxy groups -OCH3 is 1. The summed E-state index contributed by atoms with van der Waals surface area (Å²) >= 11 is 0. The molecule has 1 aromatic heterocycles. The molecule has 0 aliphatic heterocycles. The van der Waals surface area contributed by atoms with Crippen LogP contribution in [-0.2, 0) is 36.4 Å². The second kappa shape index (κ2) is 18.1. The maximum atomic E-state index is 13.6. The van der Waals surface area contributed by atoms with Crippen LogP contribution >= 0.6 is 0 Å². The van der Waals surface area contributed by atoms with Crippen molar-refractivity contribution < 1.29 is 47.4 Å². The number of aliphatic imine (C=N–C) groups is 1. The fourth-order valence-corrected chi connectivity index (χ4v) is 5.45. The molecule has 1 heterocycles. The van der Waals surface area contributed by atoms with E-state index in [1.807, 2.05) is 20.8 Å². The predicted octanol–water partition coefficient (Wildman–Crippen LogP) is 4.72. The Balaban J connectivity index is 1.68. The largest absolute Gasteiger partial charge is 0.493 e. The number of aromatic nitrogens is 2. The van der Waals surface area contributed by atoms with Gasteiger partial charge in [-0.05, 0) is 59.0 Å². The van der Waals surface area contributed by atoms with E-state index in [-0.39, 0.29) is 70.4 Å². The molecular weight excluding hydrogens is 708 g/mol. The van der Waals surface area contributed by atoms with E-state index in [4.69, 9.17) is 35.1 Å². The quantitative estimate of drug-likeness (QED) is 0.0305. The van der Waals surface area contributed by atoms with E-state index in [0.717, 1.165) is 5.56 Å². The molecule has 0 bridgehead atoms. The van der Waals surface area contributed by atoms with Crippen LogP contribution in [0.4, 0.5) is 0 Å². The van der Waals surface area contributed by atoms with Crippen molar-refractivity contribution in [1.82, 2.24) is 20.1 Å². The number of benzene rings is 3. The fourth-order valence-electron chi connectivity index (χ4n) is 4.46. The topological polar surface area (TPSA) is 217 Å². The Hall–Kier alpha value is -5.85. The third-order valence-electron chi connectivity index (χ3n) is 7.12. The van der Waals surface area contributed by atoms with Crippen LogP contribution in [0.25, 0.3) is 5.70 Å². The average Bonchev–Trinajstić information content (AvgIpc) is 3.14. The molecule has 0 unspecified atom stereocenters. The van der Waals surface area contributed by atoms with E-state index in [1.54, 1.807) is 54.6 Å². The Labute approximate surface area is 306 Å². The molecule has 0 aliphatic rings. The summed E-state index contributed by atoms with van der Waals surface area (Å²) in [5.41, 5.74) is 7.75. The van der Waals surface area contributed by atoms with E-state index in [2.05, 4.69) is 31.1 Å². The molecule has 53 heavy (non-hydrogen) atoms. The zero-order chi connectivity index (χ0) is 38.6. The first-order valence-corrected chi connectivity index (χ1v) is 17.3. The number of ether oxygens (including phenoxy) is 4. The molecule has 3 aromatic carbocycles. The Bertz CT molecular complexity index is 2050. The summed E-state index contributed by atoms with van der Waals surface area (Å²) in [5.74, 6) is -1.49. The molecule has 0 saturated carbocycles. The first kappa shape index (κ1) is 39.9. The molecule has 0 aliphatic carbocycles. The number of esters is 1. The molecule has 0 amide bonds. The maximum absolute atomic E-state index is 13.6. The molecule has 5 N–H and O–H groups in total. The number of sulfonamides is 1. The van der Waals surface area contributed by atoms with Gasteiger partial charge in [-0.15, -0.1) is 0 Å². The van der Waals surface area contributed by atoms with Crippen LogP contribution in [0.15, 0.2) is 119 Å². The minimum atomic E-state index is -4.28. The number of nitrogens with zero attached hydrogens (tertiary/aromatic N) is 4. The number of para-hydroxylation sites is 2. The fraction of sp³-hybridized carbons (Fsp3) is 0.222. The van der Waals surface area contributed by atoms with Gasteiger partial charge in [-0.2, -0.15) is 0 Å². The molecule has 16 nitrogen and oxygen atoms in total. The summed E-state index contributed by atoms with van der Waals surface area (Å²) in [6.45, 7) is 9.06. The van der Waals surface area contributed by atoms with Gasteiger partial charge in [0.15, 0.2) is 23.1 Å². The van der Waals surface area contributed by atoms with E-state index in [0.29, 0.717) is 5.56 Å². The summed E-state index contributed by atoms with van der Waals surface area (Å²) in [5, 5.41) is 17.2. The van der Waals surface area contributed by atoms with Crippen LogP contribution in [0.3, 0.4) is 0 Å². The van der Waals surface area contributed by atoms with Gasteiger partial charge in [0.05, 0.1) is 29.6 Å². The Kier molecular flexibility index (Phi) is 13.6. The third kappa shape index (κ3) is 11.6. The van der Waals surface area contributed by atoms with Crippen molar-refractivity contribution in [1.29, 1.82) is 0 Å². The summed E-state index contributed by atoms with van der Waals surface area (Å²) in [4.78, 5) is 30.1. The second-order valence-electron chi connectivity index (χ2n) is 12.0. The Morgan fingerprint density at radius 1 is 0.943 bits per heavy atom. The highest BCUT2D eigenvalue weighted by Gasteiger charge is 2.25. The van der Waals surface area contributed by atoms with Crippen molar-refractivity contribution in [2.75, 3.05) is 20.3 Å². The Morgan fingerprint density at radius 3 is 2.25 bits per heavy atom. The van der Waals surface area contributed by atoms with Gasteiger partial charge < -0.3 is 24.7 Å². The number of hydrogen-bond acceptors (Lipinski definition) is 15. The van der Waals surface area contributed by atoms with Crippen LogP contribution < -0.4 is 19.9 Å². The molecular formula is C36H40N6O10S. The van der Waals surface area contributed by atoms with Gasteiger partial charge >= 0.3 is 5.97 Å². The summed E-state index contributed by atoms with van der Waals surface area (Å²) in [7, 11) is -2.86. The summed E-state index contributed by atoms with van der Waals surface area (Å²) in [6.07, 6.45) is 2.95.